The standard InChI is InChI=1S/C23H23NO2S/c1-17-6-5-15-24(16-17)23(25)22-14-13-21(27-22)18-9-11-20(12-10-18)26-19-7-3-2-4-8-19/h2-4,7-14,17H,5-6,15-16H2,1H3. The van der Waals surface area contributed by atoms with Crippen molar-refractivity contribution in [3.63, 3.8) is 0 Å². The van der Waals surface area contributed by atoms with Crippen LogP contribution in [-0.2, 0) is 0 Å². The van der Waals surface area contributed by atoms with Crippen LogP contribution in [0.1, 0.15) is 29.4 Å². The van der Waals surface area contributed by atoms with Crippen molar-refractivity contribution in [2.24, 2.45) is 5.92 Å². The summed E-state index contributed by atoms with van der Waals surface area (Å²) in [6.45, 7) is 3.97. The van der Waals surface area contributed by atoms with Crippen molar-refractivity contribution in [2.45, 2.75) is 19.8 Å². The number of benzene rings is 2. The number of thiophene rings is 1. The molecule has 4 rings (SSSR count). The molecule has 0 N–H and O–H groups in total. The summed E-state index contributed by atoms with van der Waals surface area (Å²) in [7, 11) is 0. The Morgan fingerprint density at radius 1 is 1.00 bits per heavy atom. The van der Waals surface area contributed by atoms with Crippen LogP contribution in [0.4, 0.5) is 0 Å². The zero-order valence-electron chi connectivity index (χ0n) is 15.4. The average Bonchev–Trinajstić information content (AvgIpc) is 3.19. The smallest absolute Gasteiger partial charge is 0.263 e. The Balaban J connectivity index is 1.45. The Hall–Kier alpha value is -2.59. The lowest BCUT2D eigenvalue weighted by atomic mass is 10.0. The first-order valence-corrected chi connectivity index (χ1v) is 10.2. The van der Waals surface area contributed by atoms with Crippen molar-refractivity contribution in [1.29, 1.82) is 0 Å². The molecule has 1 saturated heterocycles. The van der Waals surface area contributed by atoms with Gasteiger partial charge in [-0.1, -0.05) is 25.1 Å². The lowest BCUT2D eigenvalue weighted by Crippen LogP contribution is -2.38. The van der Waals surface area contributed by atoms with E-state index in [1.54, 1.807) is 11.3 Å². The maximum absolute atomic E-state index is 12.8. The highest BCUT2D eigenvalue weighted by Gasteiger charge is 2.23. The number of rotatable bonds is 4. The van der Waals surface area contributed by atoms with E-state index in [2.05, 4.69) is 6.92 Å². The number of carbonyl (C=O) groups is 1. The monoisotopic (exact) mass is 377 g/mol. The molecule has 4 heteroatoms. The molecular formula is C23H23NO2S. The predicted octanol–water partition coefficient (Wildman–Crippen LogP) is 6.08. The van der Waals surface area contributed by atoms with Gasteiger partial charge < -0.3 is 9.64 Å². The molecule has 138 valence electrons. The van der Waals surface area contributed by atoms with E-state index in [-0.39, 0.29) is 5.91 Å². The van der Waals surface area contributed by atoms with E-state index in [1.807, 2.05) is 71.6 Å². The van der Waals surface area contributed by atoms with Crippen molar-refractivity contribution in [2.75, 3.05) is 13.1 Å². The summed E-state index contributed by atoms with van der Waals surface area (Å²) in [5.41, 5.74) is 1.10. The third-order valence-corrected chi connectivity index (χ3v) is 6.00. The second kappa shape index (κ2) is 7.97. The van der Waals surface area contributed by atoms with E-state index in [1.165, 1.54) is 6.42 Å². The summed E-state index contributed by atoms with van der Waals surface area (Å²) in [6.07, 6.45) is 2.32. The lowest BCUT2D eigenvalue weighted by molar-refractivity contribution is 0.0688. The Bertz CT molecular complexity index is 902. The molecule has 1 unspecified atom stereocenters. The van der Waals surface area contributed by atoms with Crippen molar-refractivity contribution in [3.8, 4) is 21.9 Å². The molecular weight excluding hydrogens is 354 g/mol. The van der Waals surface area contributed by atoms with Gasteiger partial charge in [-0.25, -0.2) is 0 Å². The first kappa shape index (κ1) is 17.8. The Labute approximate surface area is 164 Å². The molecule has 2 aromatic carbocycles. The van der Waals surface area contributed by atoms with Crippen LogP contribution in [0.15, 0.2) is 66.7 Å². The second-order valence-corrected chi connectivity index (χ2v) is 8.19. The second-order valence-electron chi connectivity index (χ2n) is 7.10. The summed E-state index contributed by atoms with van der Waals surface area (Å²) in [4.78, 5) is 16.7. The Kier molecular flexibility index (Phi) is 5.26. The van der Waals surface area contributed by atoms with Crippen molar-refractivity contribution in [1.82, 2.24) is 4.90 Å². The fourth-order valence-electron chi connectivity index (χ4n) is 3.45. The van der Waals surface area contributed by atoms with Gasteiger partial charge in [0, 0.05) is 18.0 Å². The van der Waals surface area contributed by atoms with Gasteiger partial charge in [-0.2, -0.15) is 0 Å². The minimum atomic E-state index is 0.168. The summed E-state index contributed by atoms with van der Waals surface area (Å²) in [6, 6.07) is 21.8. The fraction of sp³-hybridized carbons (Fsp3) is 0.261. The molecule has 2 heterocycles. The third-order valence-electron chi connectivity index (χ3n) is 4.88. The molecule has 3 nitrogen and oxygen atoms in total. The maximum Gasteiger partial charge on any atom is 0.263 e. The van der Waals surface area contributed by atoms with E-state index in [0.29, 0.717) is 5.92 Å². The quantitative estimate of drug-likeness (QED) is 0.551. The van der Waals surface area contributed by atoms with Gasteiger partial charge in [0.2, 0.25) is 0 Å². The van der Waals surface area contributed by atoms with Gasteiger partial charge in [-0.15, -0.1) is 11.3 Å². The van der Waals surface area contributed by atoms with E-state index in [4.69, 9.17) is 4.74 Å². The highest BCUT2D eigenvalue weighted by atomic mass is 32.1. The number of hydrogen-bond donors (Lipinski definition) is 0. The molecule has 0 saturated carbocycles. The zero-order chi connectivity index (χ0) is 18.6. The normalized spacial score (nSPS) is 16.9. The highest BCUT2D eigenvalue weighted by Crippen LogP contribution is 2.31. The molecule has 1 aromatic heterocycles. The van der Waals surface area contributed by atoms with Crippen LogP contribution >= 0.6 is 11.3 Å². The van der Waals surface area contributed by atoms with E-state index in [9.17, 15) is 4.79 Å². The molecule has 0 bridgehead atoms. The summed E-state index contributed by atoms with van der Waals surface area (Å²) >= 11 is 1.57. The van der Waals surface area contributed by atoms with Crippen LogP contribution in [0.2, 0.25) is 0 Å². The van der Waals surface area contributed by atoms with Crippen LogP contribution in [0.5, 0.6) is 11.5 Å². The first-order valence-electron chi connectivity index (χ1n) is 9.41. The van der Waals surface area contributed by atoms with Gasteiger partial charge in [0.25, 0.3) is 5.91 Å². The summed E-state index contributed by atoms with van der Waals surface area (Å²) < 4.78 is 5.84. The number of carbonyl (C=O) groups excluding carboxylic acids is 1. The van der Waals surface area contributed by atoms with E-state index < -0.39 is 0 Å². The Morgan fingerprint density at radius 2 is 1.74 bits per heavy atom. The third kappa shape index (κ3) is 4.22. The molecule has 1 amide bonds. The maximum atomic E-state index is 12.8. The number of nitrogens with zero attached hydrogens (tertiary/aromatic N) is 1. The Morgan fingerprint density at radius 3 is 2.48 bits per heavy atom. The molecule has 1 aliphatic rings. The minimum Gasteiger partial charge on any atom is -0.457 e. The molecule has 1 fully saturated rings. The van der Waals surface area contributed by atoms with E-state index in [0.717, 1.165) is 46.3 Å². The molecule has 1 atom stereocenters. The predicted molar refractivity (Wildman–Crippen MR) is 111 cm³/mol. The topological polar surface area (TPSA) is 29.5 Å². The molecule has 0 spiro atoms. The van der Waals surface area contributed by atoms with Crippen molar-refractivity contribution in [3.05, 3.63) is 71.6 Å². The number of para-hydroxylation sites is 1. The number of likely N-dealkylation sites (tertiary alicyclic amines) is 1. The first-order chi connectivity index (χ1) is 13.2. The number of hydrogen-bond acceptors (Lipinski definition) is 3. The van der Waals surface area contributed by atoms with Gasteiger partial charge >= 0.3 is 0 Å². The SMILES string of the molecule is CC1CCCN(C(=O)c2ccc(-c3ccc(Oc4ccccc4)cc3)s2)C1. The molecule has 27 heavy (non-hydrogen) atoms. The van der Waals surface area contributed by atoms with Gasteiger partial charge in [0.15, 0.2) is 0 Å². The lowest BCUT2D eigenvalue weighted by Gasteiger charge is -2.30. The van der Waals surface area contributed by atoms with Crippen molar-refractivity contribution < 1.29 is 9.53 Å². The van der Waals surface area contributed by atoms with E-state index >= 15 is 0 Å². The van der Waals surface area contributed by atoms with Crippen LogP contribution < -0.4 is 4.74 Å². The molecule has 1 aliphatic heterocycles. The fourth-order valence-corrected chi connectivity index (χ4v) is 4.43. The number of piperidine rings is 1. The van der Waals surface area contributed by atoms with Gasteiger partial charge in [-0.05, 0) is 72.9 Å². The molecule has 0 radical (unpaired) electrons. The van der Waals surface area contributed by atoms with Gasteiger partial charge in [-0.3, -0.25) is 4.79 Å². The van der Waals surface area contributed by atoms with Crippen molar-refractivity contribution >= 4 is 17.2 Å². The van der Waals surface area contributed by atoms with Gasteiger partial charge in [0.05, 0.1) is 4.88 Å². The summed E-state index contributed by atoms with van der Waals surface area (Å²) in [5, 5.41) is 0. The highest BCUT2D eigenvalue weighted by molar-refractivity contribution is 7.17. The largest absolute Gasteiger partial charge is 0.457 e. The minimum absolute atomic E-state index is 0.168. The van der Waals surface area contributed by atoms with Crippen LogP contribution in [0.3, 0.4) is 0 Å². The molecule has 3 aromatic rings. The number of ether oxygens (including phenoxy) is 1. The number of amides is 1. The zero-order valence-corrected chi connectivity index (χ0v) is 16.2. The van der Waals surface area contributed by atoms with Crippen LogP contribution in [-0.4, -0.2) is 23.9 Å². The van der Waals surface area contributed by atoms with Gasteiger partial charge in [0.1, 0.15) is 11.5 Å². The summed E-state index contributed by atoms with van der Waals surface area (Å²) in [5.74, 6) is 2.39. The van der Waals surface area contributed by atoms with Crippen LogP contribution in [0.25, 0.3) is 10.4 Å². The van der Waals surface area contributed by atoms with Crippen LogP contribution in [0, 0.1) is 5.92 Å². The molecule has 0 aliphatic carbocycles. The average molecular weight is 378 g/mol.